The molecule has 1 aromatic carbocycles. The van der Waals surface area contributed by atoms with E-state index in [0.29, 0.717) is 18.3 Å². The van der Waals surface area contributed by atoms with Crippen molar-refractivity contribution in [3.63, 3.8) is 0 Å². The highest BCUT2D eigenvalue weighted by Gasteiger charge is 2.09. The second-order valence-corrected chi connectivity index (χ2v) is 4.43. The van der Waals surface area contributed by atoms with Gasteiger partial charge < -0.3 is 9.15 Å². The summed E-state index contributed by atoms with van der Waals surface area (Å²) in [5, 5.41) is 9.63. The fraction of sp³-hybridized carbons (Fsp3) is 0.357. The Kier molecular flexibility index (Phi) is 3.34. The first-order valence-electron chi connectivity index (χ1n) is 5.72. The molecule has 0 aliphatic carbocycles. The molecule has 0 atom stereocenters. The third-order valence-electron chi connectivity index (χ3n) is 2.38. The number of nitriles is 1. The minimum absolute atomic E-state index is 0.290. The molecule has 0 fully saturated rings. The molecule has 1 heterocycles. The molecule has 0 bridgehead atoms. The second-order valence-electron chi connectivity index (χ2n) is 4.43. The van der Waals surface area contributed by atoms with Crippen LogP contribution in [0.5, 0.6) is 5.75 Å². The number of nitrogens with zero attached hydrogens (tertiary/aromatic N) is 1. The van der Waals surface area contributed by atoms with Crippen LogP contribution in [0.1, 0.15) is 19.6 Å². The molecule has 3 nitrogen and oxygen atoms in total. The maximum atomic E-state index is 8.65. The molecule has 2 rings (SSSR count). The van der Waals surface area contributed by atoms with Gasteiger partial charge in [-0.25, -0.2) is 0 Å². The van der Waals surface area contributed by atoms with Gasteiger partial charge in [0.1, 0.15) is 5.76 Å². The predicted molar refractivity (Wildman–Crippen MR) is 65.9 cm³/mol. The van der Waals surface area contributed by atoms with Crippen molar-refractivity contribution in [2.24, 2.45) is 5.92 Å². The van der Waals surface area contributed by atoms with Crippen LogP contribution in [0.25, 0.3) is 11.0 Å². The molecule has 1 aromatic heterocycles. The van der Waals surface area contributed by atoms with Crippen LogP contribution in [-0.4, -0.2) is 6.61 Å². The SMILES string of the molecule is CC(C)COc1cccc2cc(CC#N)oc12. The first-order valence-corrected chi connectivity index (χ1v) is 5.72. The van der Waals surface area contributed by atoms with Crippen LogP contribution in [0.2, 0.25) is 0 Å². The van der Waals surface area contributed by atoms with E-state index in [-0.39, 0.29) is 6.42 Å². The van der Waals surface area contributed by atoms with E-state index in [1.54, 1.807) is 0 Å². The van der Waals surface area contributed by atoms with Gasteiger partial charge in [-0.1, -0.05) is 26.0 Å². The van der Waals surface area contributed by atoms with Crippen molar-refractivity contribution in [2.75, 3.05) is 6.61 Å². The fourth-order valence-electron chi connectivity index (χ4n) is 1.62. The molecule has 0 saturated heterocycles. The average molecular weight is 229 g/mol. The lowest BCUT2D eigenvalue weighted by Crippen LogP contribution is -2.04. The Morgan fingerprint density at radius 2 is 2.24 bits per heavy atom. The summed E-state index contributed by atoms with van der Waals surface area (Å²) in [4.78, 5) is 0. The minimum atomic E-state index is 0.290. The van der Waals surface area contributed by atoms with Crippen molar-refractivity contribution in [2.45, 2.75) is 20.3 Å². The molecule has 0 aliphatic heterocycles. The van der Waals surface area contributed by atoms with Gasteiger partial charge in [0.2, 0.25) is 0 Å². The minimum Gasteiger partial charge on any atom is -0.489 e. The Labute approximate surface area is 101 Å². The number of para-hydroxylation sites is 1. The molecule has 0 saturated carbocycles. The number of furan rings is 1. The van der Waals surface area contributed by atoms with E-state index >= 15 is 0 Å². The van der Waals surface area contributed by atoms with Crippen LogP contribution in [0.15, 0.2) is 28.7 Å². The van der Waals surface area contributed by atoms with Gasteiger partial charge in [-0.3, -0.25) is 0 Å². The molecule has 2 aromatic rings. The summed E-state index contributed by atoms with van der Waals surface area (Å²) in [5.41, 5.74) is 0.735. The molecule has 3 heteroatoms. The van der Waals surface area contributed by atoms with E-state index in [1.165, 1.54) is 0 Å². The summed E-state index contributed by atoms with van der Waals surface area (Å²) in [5.74, 6) is 1.90. The van der Waals surface area contributed by atoms with Crippen LogP contribution in [0.4, 0.5) is 0 Å². The zero-order valence-corrected chi connectivity index (χ0v) is 10.1. The number of fused-ring (bicyclic) bond motifs is 1. The summed E-state index contributed by atoms with van der Waals surface area (Å²) in [6, 6.07) is 9.76. The molecule has 0 N–H and O–H groups in total. The first-order chi connectivity index (χ1) is 8.20. The predicted octanol–water partition coefficient (Wildman–Crippen LogP) is 3.53. The third kappa shape index (κ3) is 2.59. The number of benzene rings is 1. The number of hydrogen-bond donors (Lipinski definition) is 0. The van der Waals surface area contributed by atoms with Gasteiger partial charge in [-0.05, 0) is 18.1 Å². The molecule has 0 aliphatic rings. The van der Waals surface area contributed by atoms with E-state index in [0.717, 1.165) is 16.7 Å². The van der Waals surface area contributed by atoms with Gasteiger partial charge in [0.05, 0.1) is 19.1 Å². The lowest BCUT2D eigenvalue weighted by Gasteiger charge is -2.08. The Hall–Kier alpha value is -1.95. The van der Waals surface area contributed by atoms with Crippen LogP contribution < -0.4 is 4.74 Å². The largest absolute Gasteiger partial charge is 0.489 e. The van der Waals surface area contributed by atoms with E-state index < -0.39 is 0 Å². The lowest BCUT2D eigenvalue weighted by atomic mass is 10.2. The summed E-state index contributed by atoms with van der Waals surface area (Å²) in [6.45, 7) is 4.86. The zero-order valence-electron chi connectivity index (χ0n) is 10.1. The van der Waals surface area contributed by atoms with Crippen LogP contribution in [0.3, 0.4) is 0 Å². The summed E-state index contributed by atoms with van der Waals surface area (Å²) < 4.78 is 11.3. The summed E-state index contributed by atoms with van der Waals surface area (Å²) in [6.07, 6.45) is 0.290. The van der Waals surface area contributed by atoms with Gasteiger partial charge in [0.15, 0.2) is 11.3 Å². The van der Waals surface area contributed by atoms with Gasteiger partial charge in [0, 0.05) is 5.39 Å². The quantitative estimate of drug-likeness (QED) is 0.805. The first kappa shape index (κ1) is 11.5. The Bertz CT molecular complexity index is 549. The highest BCUT2D eigenvalue weighted by Crippen LogP contribution is 2.29. The molecule has 0 spiro atoms. The molecular formula is C14H15NO2. The number of hydrogen-bond acceptors (Lipinski definition) is 3. The van der Waals surface area contributed by atoms with Crippen LogP contribution in [0, 0.1) is 17.2 Å². The van der Waals surface area contributed by atoms with Gasteiger partial charge >= 0.3 is 0 Å². The molecule has 0 amide bonds. The van der Waals surface area contributed by atoms with Crippen molar-refractivity contribution in [1.82, 2.24) is 0 Å². The fourth-order valence-corrected chi connectivity index (χ4v) is 1.62. The average Bonchev–Trinajstić information content (AvgIpc) is 2.69. The van der Waals surface area contributed by atoms with Gasteiger partial charge in [-0.2, -0.15) is 5.26 Å². The summed E-state index contributed by atoms with van der Waals surface area (Å²) in [7, 11) is 0. The molecule has 0 radical (unpaired) electrons. The van der Waals surface area contributed by atoms with Gasteiger partial charge in [0.25, 0.3) is 0 Å². The van der Waals surface area contributed by atoms with E-state index in [2.05, 4.69) is 19.9 Å². The van der Waals surface area contributed by atoms with Crippen LogP contribution in [-0.2, 0) is 6.42 Å². The van der Waals surface area contributed by atoms with Gasteiger partial charge in [-0.15, -0.1) is 0 Å². The Balaban J connectivity index is 2.32. The summed E-state index contributed by atoms with van der Waals surface area (Å²) >= 11 is 0. The van der Waals surface area contributed by atoms with Crippen molar-refractivity contribution >= 4 is 11.0 Å². The lowest BCUT2D eigenvalue weighted by molar-refractivity contribution is 0.270. The van der Waals surface area contributed by atoms with E-state index in [9.17, 15) is 0 Å². The standard InChI is InChI=1S/C14H15NO2/c1-10(2)9-16-13-5-3-4-11-8-12(6-7-15)17-14(11)13/h3-5,8,10H,6,9H2,1-2H3. The van der Waals surface area contributed by atoms with Crippen molar-refractivity contribution in [3.05, 3.63) is 30.0 Å². The molecular weight excluding hydrogens is 214 g/mol. The van der Waals surface area contributed by atoms with Crippen molar-refractivity contribution in [1.29, 1.82) is 5.26 Å². The highest BCUT2D eigenvalue weighted by molar-refractivity contribution is 5.83. The Morgan fingerprint density at radius 3 is 2.94 bits per heavy atom. The molecule has 88 valence electrons. The zero-order chi connectivity index (χ0) is 12.3. The monoisotopic (exact) mass is 229 g/mol. The topological polar surface area (TPSA) is 46.2 Å². The van der Waals surface area contributed by atoms with Crippen molar-refractivity contribution < 1.29 is 9.15 Å². The normalized spacial score (nSPS) is 10.7. The highest BCUT2D eigenvalue weighted by atomic mass is 16.5. The molecule has 0 unspecified atom stereocenters. The van der Waals surface area contributed by atoms with Crippen molar-refractivity contribution in [3.8, 4) is 11.8 Å². The third-order valence-corrected chi connectivity index (χ3v) is 2.38. The van der Waals surface area contributed by atoms with E-state index in [4.69, 9.17) is 14.4 Å². The maximum Gasteiger partial charge on any atom is 0.176 e. The number of ether oxygens (including phenoxy) is 1. The number of rotatable bonds is 4. The van der Waals surface area contributed by atoms with E-state index in [1.807, 2.05) is 24.3 Å². The van der Waals surface area contributed by atoms with Crippen LogP contribution >= 0.6 is 0 Å². The Morgan fingerprint density at radius 1 is 1.41 bits per heavy atom. The second kappa shape index (κ2) is 4.92. The maximum absolute atomic E-state index is 8.65. The smallest absolute Gasteiger partial charge is 0.176 e. The molecule has 17 heavy (non-hydrogen) atoms.